The van der Waals surface area contributed by atoms with Crippen LogP contribution in [0, 0.1) is 5.41 Å². The SMILES string of the molecule is O=C1CCC(N2Cc3cccc(CN4CNCC5(CCC5)C4)c3C2=O)C(=O)N1. The number of hydrogen-bond acceptors (Lipinski definition) is 5. The number of amides is 3. The van der Waals surface area contributed by atoms with Gasteiger partial charge in [-0.05, 0) is 35.8 Å². The molecule has 7 nitrogen and oxygen atoms in total. The summed E-state index contributed by atoms with van der Waals surface area (Å²) in [5, 5.41) is 5.91. The van der Waals surface area contributed by atoms with Gasteiger partial charge in [0, 0.05) is 44.8 Å². The van der Waals surface area contributed by atoms with Crippen LogP contribution in [0.1, 0.15) is 53.6 Å². The second-order valence-electron chi connectivity index (χ2n) is 8.78. The van der Waals surface area contributed by atoms with Crippen molar-refractivity contribution in [3.05, 3.63) is 34.9 Å². The molecule has 148 valence electrons. The summed E-state index contributed by atoms with van der Waals surface area (Å²) in [5.74, 6) is -0.692. The van der Waals surface area contributed by atoms with E-state index in [9.17, 15) is 14.4 Å². The molecular weight excluding hydrogens is 356 g/mol. The minimum absolute atomic E-state index is 0.0802. The van der Waals surface area contributed by atoms with Gasteiger partial charge in [-0.25, -0.2) is 0 Å². The standard InChI is InChI=1S/C21H26N4O3/c26-17-6-5-16(19(27)23-17)25-10-15-4-1-3-14(18(15)20(25)28)9-24-12-21(7-2-8-21)11-22-13-24/h1,3-4,16,22H,2,5-13H2,(H,23,26,27). The van der Waals surface area contributed by atoms with Crippen molar-refractivity contribution in [1.29, 1.82) is 0 Å². The predicted octanol–water partition coefficient (Wildman–Crippen LogP) is 0.981. The fourth-order valence-electron chi connectivity index (χ4n) is 5.25. The van der Waals surface area contributed by atoms with Gasteiger partial charge in [0.15, 0.2) is 0 Å². The molecule has 28 heavy (non-hydrogen) atoms. The summed E-state index contributed by atoms with van der Waals surface area (Å²) in [6.07, 6.45) is 4.57. The van der Waals surface area contributed by atoms with Crippen molar-refractivity contribution in [1.82, 2.24) is 20.4 Å². The summed E-state index contributed by atoms with van der Waals surface area (Å²) in [4.78, 5) is 41.0. The van der Waals surface area contributed by atoms with Gasteiger partial charge in [-0.3, -0.25) is 24.6 Å². The van der Waals surface area contributed by atoms with E-state index in [4.69, 9.17) is 0 Å². The first-order valence-electron chi connectivity index (χ1n) is 10.2. The Balaban J connectivity index is 1.35. The van der Waals surface area contributed by atoms with Gasteiger partial charge in [-0.15, -0.1) is 0 Å². The smallest absolute Gasteiger partial charge is 0.255 e. The van der Waals surface area contributed by atoms with Crippen LogP contribution >= 0.6 is 0 Å². The Kier molecular flexibility index (Phi) is 4.25. The molecule has 4 aliphatic rings. The lowest BCUT2D eigenvalue weighted by molar-refractivity contribution is -0.136. The number of rotatable bonds is 3. The molecule has 2 saturated heterocycles. The van der Waals surface area contributed by atoms with Gasteiger partial charge >= 0.3 is 0 Å². The Morgan fingerprint density at radius 1 is 1.18 bits per heavy atom. The predicted molar refractivity (Wildman–Crippen MR) is 102 cm³/mol. The molecule has 0 radical (unpaired) electrons. The van der Waals surface area contributed by atoms with Crippen molar-refractivity contribution in [3.63, 3.8) is 0 Å². The molecule has 0 bridgehead atoms. The zero-order valence-electron chi connectivity index (χ0n) is 16.0. The highest BCUT2D eigenvalue weighted by atomic mass is 16.2. The van der Waals surface area contributed by atoms with Gasteiger partial charge in [0.2, 0.25) is 11.8 Å². The minimum Gasteiger partial charge on any atom is -0.322 e. The third kappa shape index (κ3) is 2.93. The first-order chi connectivity index (χ1) is 13.5. The van der Waals surface area contributed by atoms with E-state index in [0.29, 0.717) is 18.4 Å². The lowest BCUT2D eigenvalue weighted by atomic mass is 9.67. The lowest BCUT2D eigenvalue weighted by Crippen LogP contribution is -2.56. The maximum atomic E-state index is 13.2. The molecule has 1 spiro atoms. The van der Waals surface area contributed by atoms with Crippen LogP contribution in [-0.2, 0) is 22.7 Å². The van der Waals surface area contributed by atoms with Gasteiger partial charge in [-0.2, -0.15) is 0 Å². The molecule has 3 aliphatic heterocycles. The fraction of sp³-hybridized carbons (Fsp3) is 0.571. The molecule has 1 aromatic carbocycles. The second-order valence-corrected chi connectivity index (χ2v) is 8.78. The highest BCUT2D eigenvalue weighted by Gasteiger charge is 2.42. The summed E-state index contributed by atoms with van der Waals surface area (Å²) in [5.41, 5.74) is 3.19. The van der Waals surface area contributed by atoms with Gasteiger partial charge in [-0.1, -0.05) is 24.6 Å². The minimum atomic E-state index is -0.555. The molecule has 1 saturated carbocycles. The Morgan fingerprint density at radius 2 is 2.04 bits per heavy atom. The highest BCUT2D eigenvalue weighted by Crippen LogP contribution is 2.42. The average molecular weight is 382 g/mol. The zero-order valence-corrected chi connectivity index (χ0v) is 16.0. The van der Waals surface area contributed by atoms with Crippen molar-refractivity contribution >= 4 is 17.7 Å². The van der Waals surface area contributed by atoms with E-state index in [2.05, 4.69) is 15.5 Å². The number of fused-ring (bicyclic) bond motifs is 1. The van der Waals surface area contributed by atoms with Gasteiger partial charge in [0.05, 0.1) is 0 Å². The van der Waals surface area contributed by atoms with Crippen LogP contribution in [0.25, 0.3) is 0 Å². The first kappa shape index (κ1) is 17.8. The average Bonchev–Trinajstić information content (AvgIpc) is 2.98. The summed E-state index contributed by atoms with van der Waals surface area (Å²) in [6.45, 7) is 4.20. The lowest BCUT2D eigenvalue weighted by Gasteiger charge is -2.49. The molecule has 1 atom stereocenters. The van der Waals surface area contributed by atoms with Gasteiger partial charge in [0.1, 0.15) is 6.04 Å². The number of carbonyl (C=O) groups is 3. The van der Waals surface area contributed by atoms with E-state index < -0.39 is 6.04 Å². The van der Waals surface area contributed by atoms with Crippen molar-refractivity contribution in [2.75, 3.05) is 19.8 Å². The zero-order chi connectivity index (χ0) is 19.3. The van der Waals surface area contributed by atoms with E-state index in [0.717, 1.165) is 43.0 Å². The molecule has 3 heterocycles. The molecule has 1 aliphatic carbocycles. The van der Waals surface area contributed by atoms with Crippen LogP contribution in [0.5, 0.6) is 0 Å². The van der Waals surface area contributed by atoms with Crippen molar-refractivity contribution in [2.24, 2.45) is 5.41 Å². The molecule has 3 amide bonds. The van der Waals surface area contributed by atoms with Crippen LogP contribution in [0.15, 0.2) is 18.2 Å². The van der Waals surface area contributed by atoms with E-state index in [1.807, 2.05) is 18.2 Å². The molecule has 1 unspecified atom stereocenters. The highest BCUT2D eigenvalue weighted by molar-refractivity contribution is 6.05. The molecule has 3 fully saturated rings. The number of nitrogens with zero attached hydrogens (tertiary/aromatic N) is 2. The molecule has 2 N–H and O–H groups in total. The third-order valence-electron chi connectivity index (χ3n) is 6.84. The molecular formula is C21H26N4O3. The van der Waals surface area contributed by atoms with E-state index in [1.165, 1.54) is 19.3 Å². The largest absolute Gasteiger partial charge is 0.322 e. The van der Waals surface area contributed by atoms with Crippen molar-refractivity contribution in [3.8, 4) is 0 Å². The summed E-state index contributed by atoms with van der Waals surface area (Å²) < 4.78 is 0. The maximum absolute atomic E-state index is 13.2. The van der Waals surface area contributed by atoms with Crippen LogP contribution in [0.3, 0.4) is 0 Å². The van der Waals surface area contributed by atoms with Crippen LogP contribution in [0.2, 0.25) is 0 Å². The summed E-state index contributed by atoms with van der Waals surface area (Å²) in [7, 11) is 0. The van der Waals surface area contributed by atoms with Crippen LogP contribution < -0.4 is 10.6 Å². The number of benzene rings is 1. The van der Waals surface area contributed by atoms with Gasteiger partial charge < -0.3 is 10.2 Å². The summed E-state index contributed by atoms with van der Waals surface area (Å²) in [6, 6.07) is 5.46. The summed E-state index contributed by atoms with van der Waals surface area (Å²) >= 11 is 0. The van der Waals surface area contributed by atoms with Crippen LogP contribution in [-0.4, -0.2) is 53.3 Å². The number of carbonyl (C=O) groups excluding carboxylic acids is 3. The molecule has 5 rings (SSSR count). The normalized spacial score (nSPS) is 26.9. The van der Waals surface area contributed by atoms with E-state index in [-0.39, 0.29) is 24.1 Å². The van der Waals surface area contributed by atoms with Crippen molar-refractivity contribution in [2.45, 2.75) is 51.2 Å². The molecule has 1 aromatic rings. The molecule has 0 aromatic heterocycles. The number of nitrogens with one attached hydrogen (secondary N) is 2. The van der Waals surface area contributed by atoms with Crippen LogP contribution in [0.4, 0.5) is 0 Å². The van der Waals surface area contributed by atoms with E-state index >= 15 is 0 Å². The quantitative estimate of drug-likeness (QED) is 0.762. The van der Waals surface area contributed by atoms with Gasteiger partial charge in [0.25, 0.3) is 5.91 Å². The van der Waals surface area contributed by atoms with E-state index in [1.54, 1.807) is 4.90 Å². The number of hydrogen-bond donors (Lipinski definition) is 2. The Labute approximate surface area is 164 Å². The monoisotopic (exact) mass is 382 g/mol. The number of imide groups is 1. The molecule has 7 heteroatoms. The fourth-order valence-corrected chi connectivity index (χ4v) is 5.25. The third-order valence-corrected chi connectivity index (χ3v) is 6.84. The first-order valence-corrected chi connectivity index (χ1v) is 10.2. The Bertz CT molecular complexity index is 848. The topological polar surface area (TPSA) is 81.8 Å². The Morgan fingerprint density at radius 3 is 2.79 bits per heavy atom. The Hall–Kier alpha value is -2.25. The maximum Gasteiger partial charge on any atom is 0.255 e. The van der Waals surface area contributed by atoms with Crippen molar-refractivity contribution < 1.29 is 14.4 Å². The number of piperidine rings is 1. The second kappa shape index (κ2) is 6.67.